The first kappa shape index (κ1) is 23.9. The third kappa shape index (κ3) is 5.00. The quantitative estimate of drug-likeness (QED) is 0.334. The molecule has 0 saturated carbocycles. The molecule has 1 heterocycles. The van der Waals surface area contributed by atoms with Crippen molar-refractivity contribution in [1.29, 1.82) is 0 Å². The first-order valence-electron chi connectivity index (χ1n) is 10.1. The van der Waals surface area contributed by atoms with Crippen molar-refractivity contribution in [2.45, 2.75) is 32.3 Å². The van der Waals surface area contributed by atoms with Crippen LogP contribution in [-0.2, 0) is 11.4 Å². The highest BCUT2D eigenvalue weighted by atomic mass is 35.5. The van der Waals surface area contributed by atoms with Gasteiger partial charge in [-0.3, -0.25) is 4.98 Å². The summed E-state index contributed by atoms with van der Waals surface area (Å²) >= 11 is 12.7. The maximum Gasteiger partial charge on any atom is 0.203 e. The van der Waals surface area contributed by atoms with Crippen LogP contribution in [0, 0.1) is 0 Å². The second-order valence-corrected chi connectivity index (χ2v) is 8.35. The number of hydrogen-bond donors (Lipinski definition) is 0. The topological polar surface area (TPSA) is 57.7 Å². The highest BCUT2D eigenvalue weighted by Gasteiger charge is 2.27. The number of hydrogen-bond acceptors (Lipinski definition) is 5. The summed E-state index contributed by atoms with van der Waals surface area (Å²) in [6.07, 6.45) is 3.69. The number of rotatable bonds is 9. The van der Waals surface area contributed by atoms with Crippen molar-refractivity contribution in [1.82, 2.24) is 4.98 Å². The Bertz CT molecular complexity index is 1060. The van der Waals surface area contributed by atoms with E-state index in [9.17, 15) is 4.79 Å². The Balaban J connectivity index is 2.05. The van der Waals surface area contributed by atoms with Gasteiger partial charge in [-0.25, -0.2) is 0 Å². The number of ether oxygens (including phenoxy) is 3. The lowest BCUT2D eigenvalue weighted by molar-refractivity contribution is -0.108. The van der Waals surface area contributed by atoms with Crippen molar-refractivity contribution in [2.24, 2.45) is 0 Å². The second kappa shape index (κ2) is 10.7. The van der Waals surface area contributed by atoms with Crippen LogP contribution in [0.3, 0.4) is 0 Å². The highest BCUT2D eigenvalue weighted by Crippen LogP contribution is 2.46. The van der Waals surface area contributed by atoms with E-state index in [1.165, 1.54) is 25.1 Å². The van der Waals surface area contributed by atoms with Crippen LogP contribution in [0.5, 0.6) is 17.2 Å². The Kier molecular flexibility index (Phi) is 7.99. The fraction of sp³-hybridized carbons (Fsp3) is 0.280. The molecule has 1 aromatic heterocycles. The second-order valence-electron chi connectivity index (χ2n) is 7.53. The first-order chi connectivity index (χ1) is 15.4. The molecule has 0 bridgehead atoms. The van der Waals surface area contributed by atoms with Crippen molar-refractivity contribution in [3.8, 4) is 17.2 Å². The summed E-state index contributed by atoms with van der Waals surface area (Å²) in [5, 5.41) is 0.583. The number of aldehydes is 1. The average molecular weight is 474 g/mol. The Hall–Kier alpha value is -2.76. The molecule has 3 aromatic rings. The van der Waals surface area contributed by atoms with Gasteiger partial charge in [0.25, 0.3) is 0 Å². The van der Waals surface area contributed by atoms with Crippen molar-refractivity contribution in [3.05, 3.63) is 81.1 Å². The van der Waals surface area contributed by atoms with E-state index in [4.69, 9.17) is 37.4 Å². The van der Waals surface area contributed by atoms with Crippen molar-refractivity contribution in [2.75, 3.05) is 14.2 Å². The maximum absolute atomic E-state index is 12.2. The molecule has 1 atom stereocenters. The summed E-state index contributed by atoms with van der Waals surface area (Å²) in [7, 11) is 3.06. The van der Waals surface area contributed by atoms with E-state index in [1.807, 2.05) is 12.1 Å². The van der Waals surface area contributed by atoms with Gasteiger partial charge in [0.2, 0.25) is 5.75 Å². The third-order valence-corrected chi connectivity index (χ3v) is 5.83. The lowest BCUT2D eigenvalue weighted by atomic mass is 9.92. The minimum absolute atomic E-state index is 0.276. The molecule has 168 valence electrons. The SMILES string of the molecule is COc1ccc(C(C=O)c2c(Cl)cncc2Cl)c(OCc2ccc(C(C)C)cc2)c1OC. The van der Waals surface area contributed by atoms with Gasteiger partial charge in [-0.05, 0) is 23.1 Å². The summed E-state index contributed by atoms with van der Waals surface area (Å²) < 4.78 is 17.2. The van der Waals surface area contributed by atoms with Gasteiger partial charge < -0.3 is 19.0 Å². The lowest BCUT2D eigenvalue weighted by Crippen LogP contribution is -2.10. The molecule has 1 unspecified atom stereocenters. The van der Waals surface area contributed by atoms with Gasteiger partial charge in [0.15, 0.2) is 11.5 Å². The monoisotopic (exact) mass is 473 g/mol. The van der Waals surface area contributed by atoms with E-state index in [1.54, 1.807) is 19.2 Å². The van der Waals surface area contributed by atoms with Crippen molar-refractivity contribution >= 4 is 29.5 Å². The lowest BCUT2D eigenvalue weighted by Gasteiger charge is -2.22. The van der Waals surface area contributed by atoms with E-state index in [0.717, 1.165) is 11.8 Å². The predicted molar refractivity (Wildman–Crippen MR) is 127 cm³/mol. The molecule has 0 radical (unpaired) electrons. The molecule has 3 rings (SSSR count). The summed E-state index contributed by atoms with van der Waals surface area (Å²) in [6, 6.07) is 11.7. The molecule has 0 aliphatic rings. The summed E-state index contributed by atoms with van der Waals surface area (Å²) in [4.78, 5) is 16.2. The number of carbonyl (C=O) groups is 1. The van der Waals surface area contributed by atoms with E-state index in [2.05, 4.69) is 31.0 Å². The molecule has 0 aliphatic carbocycles. The van der Waals surface area contributed by atoms with Gasteiger partial charge in [0.05, 0.1) is 30.2 Å². The fourth-order valence-electron chi connectivity index (χ4n) is 3.48. The molecule has 0 amide bonds. The molecular weight excluding hydrogens is 449 g/mol. The molecule has 0 fully saturated rings. The van der Waals surface area contributed by atoms with Gasteiger partial charge in [-0.1, -0.05) is 67.4 Å². The Morgan fingerprint density at radius 2 is 1.59 bits per heavy atom. The number of aromatic nitrogens is 1. The summed E-state index contributed by atoms with van der Waals surface area (Å²) in [5.41, 5.74) is 3.24. The molecule has 2 aromatic carbocycles. The minimum atomic E-state index is -0.781. The number of methoxy groups -OCH3 is 2. The van der Waals surface area contributed by atoms with E-state index in [0.29, 0.717) is 44.3 Å². The zero-order valence-electron chi connectivity index (χ0n) is 18.4. The molecule has 0 aliphatic heterocycles. The van der Waals surface area contributed by atoms with Gasteiger partial charge in [0.1, 0.15) is 12.9 Å². The maximum atomic E-state index is 12.2. The minimum Gasteiger partial charge on any atom is -0.493 e. The zero-order chi connectivity index (χ0) is 23.3. The number of pyridine rings is 1. The van der Waals surface area contributed by atoms with Gasteiger partial charge in [-0.15, -0.1) is 0 Å². The molecule has 0 saturated heterocycles. The highest BCUT2D eigenvalue weighted by molar-refractivity contribution is 6.36. The van der Waals surface area contributed by atoms with Crippen LogP contribution in [0.25, 0.3) is 0 Å². The van der Waals surface area contributed by atoms with Crippen LogP contribution in [0.15, 0.2) is 48.8 Å². The first-order valence-corrected chi connectivity index (χ1v) is 10.9. The van der Waals surface area contributed by atoms with Gasteiger partial charge in [-0.2, -0.15) is 0 Å². The number of halogens is 2. The van der Waals surface area contributed by atoms with Crippen LogP contribution in [0.1, 0.15) is 47.9 Å². The molecule has 7 heteroatoms. The number of carbonyl (C=O) groups excluding carboxylic acids is 1. The van der Waals surface area contributed by atoms with E-state index >= 15 is 0 Å². The Morgan fingerprint density at radius 1 is 0.938 bits per heavy atom. The van der Waals surface area contributed by atoms with E-state index in [-0.39, 0.29) is 6.61 Å². The molecule has 0 N–H and O–H groups in total. The number of nitrogens with zero attached hydrogens (tertiary/aromatic N) is 1. The van der Waals surface area contributed by atoms with E-state index < -0.39 is 5.92 Å². The van der Waals surface area contributed by atoms with Crippen LogP contribution in [0.2, 0.25) is 10.0 Å². The largest absolute Gasteiger partial charge is 0.493 e. The van der Waals surface area contributed by atoms with Gasteiger partial charge in [0, 0.05) is 23.5 Å². The van der Waals surface area contributed by atoms with Crippen LogP contribution in [0.4, 0.5) is 0 Å². The molecule has 5 nitrogen and oxygen atoms in total. The molecular formula is C25H25Cl2NO4. The third-order valence-electron chi connectivity index (χ3n) is 5.23. The smallest absolute Gasteiger partial charge is 0.203 e. The number of benzene rings is 2. The van der Waals surface area contributed by atoms with Crippen LogP contribution < -0.4 is 14.2 Å². The zero-order valence-corrected chi connectivity index (χ0v) is 19.9. The summed E-state index contributed by atoms with van der Waals surface area (Å²) in [5.74, 6) is 0.921. The standard InChI is InChI=1S/C25H25Cl2NO4/c1-15(2)17-7-5-16(6-8-17)14-32-24-18(9-10-22(30-3)25(24)31-4)19(13-29)23-20(26)11-28-12-21(23)27/h5-13,15,19H,14H2,1-4H3. The predicted octanol–water partition coefficient (Wildman–Crippen LogP) is 6.44. The summed E-state index contributed by atoms with van der Waals surface area (Å²) in [6.45, 7) is 4.57. The molecule has 32 heavy (non-hydrogen) atoms. The average Bonchev–Trinajstić information content (AvgIpc) is 2.79. The van der Waals surface area contributed by atoms with Crippen molar-refractivity contribution < 1.29 is 19.0 Å². The van der Waals surface area contributed by atoms with Gasteiger partial charge >= 0.3 is 0 Å². The Labute approximate surface area is 198 Å². The van der Waals surface area contributed by atoms with Crippen LogP contribution >= 0.6 is 23.2 Å². The normalized spacial score (nSPS) is 11.8. The van der Waals surface area contributed by atoms with Crippen molar-refractivity contribution in [3.63, 3.8) is 0 Å². The fourth-order valence-corrected chi connectivity index (χ4v) is 4.08. The van der Waals surface area contributed by atoms with Crippen LogP contribution in [-0.4, -0.2) is 25.5 Å². The Morgan fingerprint density at radius 3 is 2.12 bits per heavy atom. The molecule has 0 spiro atoms.